The van der Waals surface area contributed by atoms with Crippen molar-refractivity contribution in [1.82, 2.24) is 4.90 Å². The minimum atomic E-state index is 0.00444. The zero-order valence-corrected chi connectivity index (χ0v) is 13.4. The number of hydrogen-bond acceptors (Lipinski definition) is 3. The third-order valence-electron chi connectivity index (χ3n) is 3.31. The van der Waals surface area contributed by atoms with Crippen molar-refractivity contribution < 1.29 is 4.79 Å². The van der Waals surface area contributed by atoms with Gasteiger partial charge < -0.3 is 10.2 Å². The molecule has 1 aliphatic rings. The Morgan fingerprint density at radius 1 is 1.40 bits per heavy atom. The van der Waals surface area contributed by atoms with Crippen molar-refractivity contribution >= 4 is 39.9 Å². The van der Waals surface area contributed by atoms with Gasteiger partial charge in [-0.1, -0.05) is 43.0 Å². The number of thioether (sulfide) groups is 1. The van der Waals surface area contributed by atoms with Crippen LogP contribution in [0.1, 0.15) is 25.3 Å². The Bertz CT molecular complexity index is 485. The maximum Gasteiger partial charge on any atom is 0.234 e. The molecule has 3 nitrogen and oxygen atoms in total. The van der Waals surface area contributed by atoms with Gasteiger partial charge in [0.2, 0.25) is 5.91 Å². The summed E-state index contributed by atoms with van der Waals surface area (Å²) in [5, 5.41) is 2.92. The second-order valence-electron chi connectivity index (χ2n) is 4.85. The van der Waals surface area contributed by atoms with Gasteiger partial charge in [-0.15, -0.1) is 0 Å². The minimum absolute atomic E-state index is 0.00444. The first-order chi connectivity index (χ1) is 9.69. The van der Waals surface area contributed by atoms with Gasteiger partial charge in [0.15, 0.2) is 0 Å². The van der Waals surface area contributed by atoms with Gasteiger partial charge in [-0.2, -0.15) is 0 Å². The Labute approximate surface area is 130 Å². The summed E-state index contributed by atoms with van der Waals surface area (Å²) in [5.41, 5.74) is 2.09. The van der Waals surface area contributed by atoms with Gasteiger partial charge in [-0.3, -0.25) is 4.79 Å². The summed E-state index contributed by atoms with van der Waals surface area (Å²) >= 11 is 6.80. The predicted octanol–water partition coefficient (Wildman–Crippen LogP) is 3.30. The standard InChI is InChI=1S/C15H20N2OS2/c1-2-12-6-5-7-13(10-12)16-14(18)11-20-15(19)17-8-3-4-9-17/h5-7,10H,2-4,8-9,11H2,1H3,(H,16,18). The molecule has 5 heteroatoms. The van der Waals surface area contributed by atoms with Crippen molar-refractivity contribution in [2.75, 3.05) is 24.2 Å². The van der Waals surface area contributed by atoms with E-state index in [1.165, 1.54) is 30.2 Å². The normalized spacial score (nSPS) is 14.3. The van der Waals surface area contributed by atoms with Gasteiger partial charge in [0.1, 0.15) is 4.32 Å². The summed E-state index contributed by atoms with van der Waals surface area (Å²) in [6.45, 7) is 4.17. The van der Waals surface area contributed by atoms with Crippen LogP contribution in [0.4, 0.5) is 5.69 Å². The monoisotopic (exact) mass is 308 g/mol. The van der Waals surface area contributed by atoms with Crippen LogP contribution < -0.4 is 5.32 Å². The topological polar surface area (TPSA) is 32.3 Å². The molecule has 1 aromatic rings. The van der Waals surface area contributed by atoms with Crippen LogP contribution in [0.3, 0.4) is 0 Å². The molecule has 108 valence electrons. The van der Waals surface area contributed by atoms with Gasteiger partial charge in [0.25, 0.3) is 0 Å². The molecule has 1 saturated heterocycles. The van der Waals surface area contributed by atoms with Crippen LogP contribution in [0.15, 0.2) is 24.3 Å². The van der Waals surface area contributed by atoms with E-state index in [9.17, 15) is 4.79 Å². The van der Waals surface area contributed by atoms with Crippen LogP contribution in [0.25, 0.3) is 0 Å². The molecule has 0 atom stereocenters. The number of nitrogens with zero attached hydrogens (tertiary/aromatic N) is 1. The summed E-state index contributed by atoms with van der Waals surface area (Å²) in [5.74, 6) is 0.385. The van der Waals surface area contributed by atoms with E-state index >= 15 is 0 Å². The molecule has 1 amide bonds. The number of carbonyl (C=O) groups excluding carboxylic acids is 1. The Balaban J connectivity index is 1.78. The van der Waals surface area contributed by atoms with Crippen molar-refractivity contribution in [3.8, 4) is 0 Å². The van der Waals surface area contributed by atoms with Crippen LogP contribution in [-0.4, -0.2) is 34.0 Å². The molecule has 0 radical (unpaired) electrons. The Morgan fingerprint density at radius 2 is 2.15 bits per heavy atom. The number of amides is 1. The molecular weight excluding hydrogens is 288 g/mol. The lowest BCUT2D eigenvalue weighted by Crippen LogP contribution is -2.25. The molecule has 1 N–H and O–H groups in total. The van der Waals surface area contributed by atoms with Crippen molar-refractivity contribution in [3.05, 3.63) is 29.8 Å². The lowest BCUT2D eigenvalue weighted by Gasteiger charge is -2.17. The van der Waals surface area contributed by atoms with Crippen molar-refractivity contribution in [2.24, 2.45) is 0 Å². The van der Waals surface area contributed by atoms with Crippen molar-refractivity contribution in [3.63, 3.8) is 0 Å². The molecule has 0 spiro atoms. The highest BCUT2D eigenvalue weighted by atomic mass is 32.2. The Morgan fingerprint density at radius 3 is 2.85 bits per heavy atom. The van der Waals surface area contributed by atoms with E-state index in [0.29, 0.717) is 5.75 Å². The van der Waals surface area contributed by atoms with Crippen LogP contribution in [0.5, 0.6) is 0 Å². The largest absolute Gasteiger partial charge is 0.358 e. The van der Waals surface area contributed by atoms with Crippen LogP contribution in [0, 0.1) is 0 Å². The van der Waals surface area contributed by atoms with E-state index in [-0.39, 0.29) is 5.91 Å². The second kappa shape index (κ2) is 7.64. The lowest BCUT2D eigenvalue weighted by molar-refractivity contribution is -0.113. The van der Waals surface area contributed by atoms with E-state index < -0.39 is 0 Å². The predicted molar refractivity (Wildman–Crippen MR) is 90.3 cm³/mol. The first-order valence-corrected chi connectivity index (χ1v) is 8.39. The van der Waals surface area contributed by atoms with Gasteiger partial charge in [-0.05, 0) is 37.0 Å². The number of carbonyl (C=O) groups is 1. The number of anilines is 1. The minimum Gasteiger partial charge on any atom is -0.358 e. The molecule has 0 unspecified atom stereocenters. The fourth-order valence-electron chi connectivity index (χ4n) is 2.18. The molecule has 1 aliphatic heterocycles. The fraction of sp³-hybridized carbons (Fsp3) is 0.467. The number of benzene rings is 1. The third kappa shape index (κ3) is 4.49. The van der Waals surface area contributed by atoms with E-state index in [2.05, 4.69) is 23.2 Å². The number of likely N-dealkylation sites (tertiary alicyclic amines) is 1. The first kappa shape index (κ1) is 15.3. The summed E-state index contributed by atoms with van der Waals surface area (Å²) in [4.78, 5) is 14.1. The molecule has 2 rings (SSSR count). The van der Waals surface area contributed by atoms with E-state index in [1.54, 1.807) is 0 Å². The van der Waals surface area contributed by atoms with Gasteiger partial charge >= 0.3 is 0 Å². The maximum absolute atomic E-state index is 11.9. The quantitative estimate of drug-likeness (QED) is 0.865. The zero-order chi connectivity index (χ0) is 14.4. The average molecular weight is 308 g/mol. The molecular formula is C15H20N2OS2. The molecule has 0 bridgehead atoms. The fourth-order valence-corrected chi connectivity index (χ4v) is 3.24. The molecule has 1 fully saturated rings. The zero-order valence-electron chi connectivity index (χ0n) is 11.7. The molecule has 0 aliphatic carbocycles. The lowest BCUT2D eigenvalue weighted by atomic mass is 10.1. The average Bonchev–Trinajstić information content (AvgIpc) is 2.99. The molecule has 0 saturated carbocycles. The number of hydrogen-bond donors (Lipinski definition) is 1. The van der Waals surface area contributed by atoms with Gasteiger partial charge in [0, 0.05) is 18.8 Å². The summed E-state index contributed by atoms with van der Waals surface area (Å²) in [7, 11) is 0. The smallest absolute Gasteiger partial charge is 0.234 e. The van der Waals surface area contributed by atoms with Crippen molar-refractivity contribution in [2.45, 2.75) is 26.2 Å². The van der Waals surface area contributed by atoms with E-state index in [0.717, 1.165) is 29.5 Å². The van der Waals surface area contributed by atoms with E-state index in [4.69, 9.17) is 12.2 Å². The number of rotatable bonds is 4. The number of nitrogens with one attached hydrogen (secondary N) is 1. The highest BCUT2D eigenvalue weighted by Gasteiger charge is 2.16. The second-order valence-corrected chi connectivity index (χ2v) is 6.46. The van der Waals surface area contributed by atoms with Crippen LogP contribution in [0.2, 0.25) is 0 Å². The molecule has 20 heavy (non-hydrogen) atoms. The maximum atomic E-state index is 11.9. The van der Waals surface area contributed by atoms with E-state index in [1.807, 2.05) is 18.2 Å². The Hall–Kier alpha value is -1.07. The SMILES string of the molecule is CCc1cccc(NC(=O)CSC(=S)N2CCCC2)c1. The summed E-state index contributed by atoms with van der Waals surface area (Å²) in [6.07, 6.45) is 3.38. The van der Waals surface area contributed by atoms with Gasteiger partial charge in [0.05, 0.1) is 5.75 Å². The third-order valence-corrected chi connectivity index (χ3v) is 4.83. The number of thiocarbonyl (C=S) groups is 1. The van der Waals surface area contributed by atoms with Gasteiger partial charge in [-0.25, -0.2) is 0 Å². The van der Waals surface area contributed by atoms with Crippen molar-refractivity contribution in [1.29, 1.82) is 0 Å². The summed E-state index contributed by atoms with van der Waals surface area (Å²) < 4.78 is 0.847. The summed E-state index contributed by atoms with van der Waals surface area (Å²) in [6, 6.07) is 7.96. The van der Waals surface area contributed by atoms with Crippen LogP contribution in [-0.2, 0) is 11.2 Å². The highest BCUT2D eigenvalue weighted by Crippen LogP contribution is 2.17. The highest BCUT2D eigenvalue weighted by molar-refractivity contribution is 8.23. The first-order valence-electron chi connectivity index (χ1n) is 6.99. The molecule has 1 aromatic carbocycles. The Kier molecular flexibility index (Phi) is 5.86. The molecule has 0 aromatic heterocycles. The number of aryl methyl sites for hydroxylation is 1. The molecule has 1 heterocycles. The van der Waals surface area contributed by atoms with Crippen LogP contribution >= 0.6 is 24.0 Å².